The van der Waals surface area contributed by atoms with Gasteiger partial charge in [-0.2, -0.15) is 0 Å². The van der Waals surface area contributed by atoms with E-state index in [0.717, 1.165) is 0 Å². The molecule has 9 nitrogen and oxygen atoms in total. The van der Waals surface area contributed by atoms with Crippen LogP contribution in [0, 0.1) is 17.0 Å². The number of amides is 1. The molecule has 0 saturated carbocycles. The summed E-state index contributed by atoms with van der Waals surface area (Å²) in [5.74, 6) is -1.74. The first-order valence-electron chi connectivity index (χ1n) is 8.18. The van der Waals surface area contributed by atoms with Crippen LogP contribution in [0.1, 0.15) is 42.6 Å². The van der Waals surface area contributed by atoms with E-state index in [1.165, 1.54) is 25.1 Å². The first kappa shape index (κ1) is 21.1. The van der Waals surface area contributed by atoms with E-state index in [0.29, 0.717) is 5.56 Å². The van der Waals surface area contributed by atoms with Crippen molar-refractivity contribution < 1.29 is 28.8 Å². The summed E-state index contributed by atoms with van der Waals surface area (Å²) in [5, 5.41) is 13.3. The van der Waals surface area contributed by atoms with Gasteiger partial charge >= 0.3 is 11.9 Å². The lowest BCUT2D eigenvalue weighted by Gasteiger charge is -2.17. The summed E-state index contributed by atoms with van der Waals surface area (Å²) in [7, 11) is 0. The number of nitrogens with one attached hydrogen (secondary N) is 1. The SMILES string of the molecule is CCOC(=O)CC[C@H](NC(=O)c1ccc([N+](=O)[O-])c(C)c1)C(=O)OCC. The van der Waals surface area contributed by atoms with E-state index in [9.17, 15) is 24.5 Å². The number of benzene rings is 1. The Bertz CT molecular complexity index is 688. The second-order valence-electron chi connectivity index (χ2n) is 5.38. The van der Waals surface area contributed by atoms with Gasteiger partial charge in [0.2, 0.25) is 0 Å². The van der Waals surface area contributed by atoms with E-state index < -0.39 is 28.8 Å². The quantitative estimate of drug-likeness (QED) is 0.402. The van der Waals surface area contributed by atoms with Gasteiger partial charge in [0.05, 0.1) is 18.1 Å². The second kappa shape index (κ2) is 10.1. The van der Waals surface area contributed by atoms with E-state index >= 15 is 0 Å². The van der Waals surface area contributed by atoms with Gasteiger partial charge in [0, 0.05) is 23.6 Å². The predicted octanol–water partition coefficient (Wildman–Crippen LogP) is 1.91. The second-order valence-corrected chi connectivity index (χ2v) is 5.38. The minimum absolute atomic E-state index is 0.0232. The van der Waals surface area contributed by atoms with E-state index in [4.69, 9.17) is 9.47 Å². The molecule has 0 aliphatic heterocycles. The minimum atomic E-state index is -1.03. The monoisotopic (exact) mass is 366 g/mol. The van der Waals surface area contributed by atoms with Crippen LogP contribution in [-0.2, 0) is 19.1 Å². The Kier molecular flexibility index (Phi) is 8.20. The largest absolute Gasteiger partial charge is 0.466 e. The fourth-order valence-electron chi connectivity index (χ4n) is 2.23. The average Bonchev–Trinajstić information content (AvgIpc) is 2.58. The summed E-state index contributed by atoms with van der Waals surface area (Å²) in [6.07, 6.45) is -0.0355. The third-order valence-electron chi connectivity index (χ3n) is 3.47. The highest BCUT2D eigenvalue weighted by Gasteiger charge is 2.24. The van der Waals surface area contributed by atoms with Crippen molar-refractivity contribution in [3.63, 3.8) is 0 Å². The third-order valence-corrected chi connectivity index (χ3v) is 3.47. The molecule has 1 aromatic rings. The Morgan fingerprint density at radius 3 is 2.38 bits per heavy atom. The van der Waals surface area contributed by atoms with Crippen LogP contribution in [0.5, 0.6) is 0 Å². The number of nitrogens with zero attached hydrogens (tertiary/aromatic N) is 1. The molecule has 0 bridgehead atoms. The van der Waals surface area contributed by atoms with Crippen LogP contribution < -0.4 is 5.32 Å². The summed E-state index contributed by atoms with van der Waals surface area (Å²) in [4.78, 5) is 46.2. The number of carbonyl (C=O) groups excluding carboxylic acids is 3. The van der Waals surface area contributed by atoms with Crippen molar-refractivity contribution in [1.82, 2.24) is 5.32 Å². The van der Waals surface area contributed by atoms with Crippen molar-refractivity contribution in [3.05, 3.63) is 39.4 Å². The molecule has 1 amide bonds. The van der Waals surface area contributed by atoms with Gasteiger partial charge in [0.15, 0.2) is 0 Å². The summed E-state index contributed by atoms with van der Waals surface area (Å²) >= 11 is 0. The fourth-order valence-corrected chi connectivity index (χ4v) is 2.23. The van der Waals surface area contributed by atoms with Gasteiger partial charge in [0.1, 0.15) is 6.04 Å². The highest BCUT2D eigenvalue weighted by Crippen LogP contribution is 2.19. The number of nitro benzene ring substituents is 1. The van der Waals surface area contributed by atoms with Crippen molar-refractivity contribution in [3.8, 4) is 0 Å². The maximum atomic E-state index is 12.4. The van der Waals surface area contributed by atoms with E-state index in [1.54, 1.807) is 13.8 Å². The van der Waals surface area contributed by atoms with E-state index in [-0.39, 0.29) is 37.3 Å². The number of ether oxygens (including phenoxy) is 2. The zero-order valence-electron chi connectivity index (χ0n) is 14.9. The standard InChI is InChI=1S/C17H22N2O7/c1-4-25-15(20)9-7-13(17(22)26-5-2)18-16(21)12-6-8-14(19(23)24)11(3)10-12/h6,8,10,13H,4-5,7,9H2,1-3H3,(H,18,21)/t13-/m0/s1. The van der Waals surface area contributed by atoms with Crippen molar-refractivity contribution in [2.24, 2.45) is 0 Å². The van der Waals surface area contributed by atoms with Gasteiger partial charge in [-0.3, -0.25) is 19.7 Å². The molecule has 0 aromatic heterocycles. The van der Waals surface area contributed by atoms with E-state index in [1.807, 2.05) is 0 Å². The van der Waals surface area contributed by atoms with Crippen LogP contribution in [0.25, 0.3) is 0 Å². The van der Waals surface area contributed by atoms with Gasteiger partial charge in [-0.1, -0.05) is 0 Å². The molecule has 0 fully saturated rings. The number of carbonyl (C=O) groups is 3. The summed E-state index contributed by atoms with van der Waals surface area (Å²) < 4.78 is 9.72. The molecular weight excluding hydrogens is 344 g/mol. The maximum Gasteiger partial charge on any atom is 0.328 e. The topological polar surface area (TPSA) is 125 Å². The van der Waals surface area contributed by atoms with Crippen LogP contribution in [0.15, 0.2) is 18.2 Å². The van der Waals surface area contributed by atoms with Gasteiger partial charge in [-0.15, -0.1) is 0 Å². The third kappa shape index (κ3) is 6.15. The highest BCUT2D eigenvalue weighted by atomic mass is 16.6. The number of aryl methyl sites for hydroxylation is 1. The Morgan fingerprint density at radius 2 is 1.85 bits per heavy atom. The first-order chi connectivity index (χ1) is 12.3. The fraction of sp³-hybridized carbons (Fsp3) is 0.471. The van der Waals surface area contributed by atoms with Crippen LogP contribution in [0.2, 0.25) is 0 Å². The number of nitro groups is 1. The van der Waals surface area contributed by atoms with Crippen molar-refractivity contribution in [2.75, 3.05) is 13.2 Å². The zero-order valence-corrected chi connectivity index (χ0v) is 14.9. The van der Waals surface area contributed by atoms with Crippen LogP contribution >= 0.6 is 0 Å². The molecule has 9 heteroatoms. The van der Waals surface area contributed by atoms with Crippen LogP contribution in [-0.4, -0.2) is 42.0 Å². The first-order valence-corrected chi connectivity index (χ1v) is 8.18. The lowest BCUT2D eigenvalue weighted by molar-refractivity contribution is -0.385. The molecular formula is C17H22N2O7. The highest BCUT2D eigenvalue weighted by molar-refractivity contribution is 5.97. The van der Waals surface area contributed by atoms with Gasteiger partial charge < -0.3 is 14.8 Å². The smallest absolute Gasteiger partial charge is 0.328 e. The minimum Gasteiger partial charge on any atom is -0.466 e. The molecule has 0 heterocycles. The van der Waals surface area contributed by atoms with Crippen molar-refractivity contribution >= 4 is 23.5 Å². The van der Waals surface area contributed by atoms with E-state index in [2.05, 4.69) is 5.32 Å². The molecule has 0 aliphatic carbocycles. The number of esters is 2. The Morgan fingerprint density at radius 1 is 1.19 bits per heavy atom. The molecule has 1 aromatic carbocycles. The Labute approximate surface area is 150 Å². The summed E-state index contributed by atoms with van der Waals surface area (Å²) in [6.45, 7) is 5.15. The molecule has 1 atom stereocenters. The van der Waals surface area contributed by atoms with Gasteiger partial charge in [-0.05, 0) is 39.3 Å². The maximum absolute atomic E-state index is 12.4. The number of hydrogen-bond acceptors (Lipinski definition) is 7. The number of hydrogen-bond donors (Lipinski definition) is 1. The normalized spacial score (nSPS) is 11.3. The molecule has 0 radical (unpaired) electrons. The molecule has 1 rings (SSSR count). The molecule has 26 heavy (non-hydrogen) atoms. The summed E-state index contributed by atoms with van der Waals surface area (Å²) in [6, 6.07) is 2.86. The van der Waals surface area contributed by atoms with Gasteiger partial charge in [0.25, 0.3) is 11.6 Å². The molecule has 0 aliphatic rings. The van der Waals surface area contributed by atoms with Crippen LogP contribution in [0.4, 0.5) is 5.69 Å². The lowest BCUT2D eigenvalue weighted by atomic mass is 10.1. The molecule has 0 spiro atoms. The van der Waals surface area contributed by atoms with Crippen LogP contribution in [0.3, 0.4) is 0 Å². The average molecular weight is 366 g/mol. The van der Waals surface area contributed by atoms with Crippen molar-refractivity contribution in [2.45, 2.75) is 39.7 Å². The predicted molar refractivity (Wildman–Crippen MR) is 91.6 cm³/mol. The van der Waals surface area contributed by atoms with Gasteiger partial charge in [-0.25, -0.2) is 4.79 Å². The lowest BCUT2D eigenvalue weighted by Crippen LogP contribution is -2.42. The summed E-state index contributed by atoms with van der Waals surface area (Å²) in [5.41, 5.74) is 0.381. The Hall–Kier alpha value is -2.97. The molecule has 0 unspecified atom stereocenters. The zero-order chi connectivity index (χ0) is 19.7. The Balaban J connectivity index is 2.86. The molecule has 1 N–H and O–H groups in total. The van der Waals surface area contributed by atoms with Crippen molar-refractivity contribution in [1.29, 1.82) is 0 Å². The molecule has 142 valence electrons. The molecule has 0 saturated heterocycles. The number of rotatable bonds is 9.